The maximum atomic E-state index is 11.6. The molecule has 1 heterocycles. The molecule has 82 valence electrons. The third-order valence-electron chi connectivity index (χ3n) is 2.43. The van der Waals surface area contributed by atoms with Crippen LogP contribution in [-0.4, -0.2) is 9.97 Å². The fourth-order valence-electron chi connectivity index (χ4n) is 1.54. The van der Waals surface area contributed by atoms with Gasteiger partial charge in [-0.1, -0.05) is 24.3 Å². The summed E-state index contributed by atoms with van der Waals surface area (Å²) in [6.45, 7) is 3.85. The Labute approximate surface area is 107 Å². The van der Waals surface area contributed by atoms with Crippen molar-refractivity contribution in [2.24, 2.45) is 0 Å². The number of hydrogen-bond donors (Lipinski definition) is 1. The largest absolute Gasteiger partial charge is 0.306 e. The third kappa shape index (κ3) is 2.02. The van der Waals surface area contributed by atoms with Crippen molar-refractivity contribution < 1.29 is 0 Å². The van der Waals surface area contributed by atoms with Crippen LogP contribution in [0.5, 0.6) is 0 Å². The molecule has 16 heavy (non-hydrogen) atoms. The number of nitrogens with one attached hydrogen (secondary N) is 1. The number of aryl methyl sites for hydroxylation is 2. The molecule has 0 unspecified atom stereocenters. The lowest BCUT2D eigenvalue weighted by atomic mass is 10.1. The van der Waals surface area contributed by atoms with Crippen LogP contribution in [-0.2, 0) is 0 Å². The molecule has 2 rings (SSSR count). The summed E-state index contributed by atoms with van der Waals surface area (Å²) in [5.41, 5.74) is 2.76. The summed E-state index contributed by atoms with van der Waals surface area (Å²) < 4.78 is 0.648. The van der Waals surface area contributed by atoms with Crippen molar-refractivity contribution in [1.29, 1.82) is 0 Å². The smallest absolute Gasteiger partial charge is 0.264 e. The fraction of sp³-hybridized carbons (Fsp3) is 0.167. The lowest BCUT2D eigenvalue weighted by molar-refractivity contribution is 1.05. The van der Waals surface area contributed by atoms with Crippen molar-refractivity contribution in [3.05, 3.63) is 49.4 Å². The van der Waals surface area contributed by atoms with Crippen molar-refractivity contribution in [2.45, 2.75) is 13.8 Å². The SMILES string of the molecule is Cc1ccccc1-c1nc(C)c(I)c(=O)[nH]1. The predicted octanol–water partition coefficient (Wildman–Crippen LogP) is 2.66. The second kappa shape index (κ2) is 4.37. The van der Waals surface area contributed by atoms with Gasteiger partial charge in [-0.05, 0) is 42.0 Å². The van der Waals surface area contributed by atoms with Crippen molar-refractivity contribution in [2.75, 3.05) is 0 Å². The average molecular weight is 326 g/mol. The highest BCUT2D eigenvalue weighted by molar-refractivity contribution is 14.1. The van der Waals surface area contributed by atoms with Gasteiger partial charge < -0.3 is 4.98 Å². The van der Waals surface area contributed by atoms with E-state index in [1.807, 2.05) is 60.7 Å². The second-order valence-electron chi connectivity index (χ2n) is 3.63. The summed E-state index contributed by atoms with van der Waals surface area (Å²) >= 11 is 2.01. The van der Waals surface area contributed by atoms with Gasteiger partial charge in [-0.25, -0.2) is 4.98 Å². The van der Waals surface area contributed by atoms with E-state index in [1.165, 1.54) is 0 Å². The molecular weight excluding hydrogens is 315 g/mol. The molecule has 0 atom stereocenters. The average Bonchev–Trinajstić information content (AvgIpc) is 2.26. The van der Waals surface area contributed by atoms with Gasteiger partial charge in [0.1, 0.15) is 5.82 Å². The maximum absolute atomic E-state index is 11.6. The minimum atomic E-state index is -0.0775. The molecule has 1 N–H and O–H groups in total. The van der Waals surface area contributed by atoms with Crippen molar-refractivity contribution in [1.82, 2.24) is 9.97 Å². The van der Waals surface area contributed by atoms with E-state index in [0.717, 1.165) is 16.8 Å². The highest BCUT2D eigenvalue weighted by Gasteiger charge is 2.08. The Bertz CT molecular complexity index is 590. The Morgan fingerprint density at radius 3 is 2.56 bits per heavy atom. The molecule has 0 fully saturated rings. The summed E-state index contributed by atoms with van der Waals surface area (Å²) in [4.78, 5) is 18.8. The molecule has 0 radical (unpaired) electrons. The molecule has 4 heteroatoms. The number of halogens is 1. The van der Waals surface area contributed by atoms with Crippen molar-refractivity contribution >= 4 is 22.6 Å². The van der Waals surface area contributed by atoms with Crippen molar-refractivity contribution in [3.8, 4) is 11.4 Å². The van der Waals surface area contributed by atoms with Crippen LogP contribution in [0.15, 0.2) is 29.1 Å². The van der Waals surface area contributed by atoms with Gasteiger partial charge in [0.25, 0.3) is 5.56 Å². The number of aromatic nitrogens is 2. The van der Waals surface area contributed by atoms with Crippen molar-refractivity contribution in [3.63, 3.8) is 0 Å². The number of hydrogen-bond acceptors (Lipinski definition) is 2. The minimum Gasteiger partial charge on any atom is -0.306 e. The molecule has 2 aromatic rings. The van der Waals surface area contributed by atoms with Gasteiger partial charge in [-0.3, -0.25) is 4.79 Å². The zero-order valence-electron chi connectivity index (χ0n) is 9.04. The van der Waals surface area contributed by atoms with E-state index in [-0.39, 0.29) is 5.56 Å². The van der Waals surface area contributed by atoms with Gasteiger partial charge in [0.05, 0.1) is 9.26 Å². The molecule has 0 saturated carbocycles. The van der Waals surface area contributed by atoms with Crippen LogP contribution in [0.25, 0.3) is 11.4 Å². The molecule has 1 aromatic carbocycles. The number of H-pyrrole nitrogens is 1. The Hall–Kier alpha value is -1.17. The van der Waals surface area contributed by atoms with E-state index in [0.29, 0.717) is 9.39 Å². The number of nitrogens with zero attached hydrogens (tertiary/aromatic N) is 1. The van der Waals surface area contributed by atoms with E-state index in [2.05, 4.69) is 9.97 Å². The topological polar surface area (TPSA) is 45.8 Å². The highest BCUT2D eigenvalue weighted by atomic mass is 127. The zero-order chi connectivity index (χ0) is 11.7. The Balaban J connectivity index is 2.67. The van der Waals surface area contributed by atoms with Crippen LogP contribution < -0.4 is 5.56 Å². The monoisotopic (exact) mass is 326 g/mol. The molecule has 0 amide bonds. The first-order valence-corrected chi connectivity index (χ1v) is 6.00. The van der Waals surface area contributed by atoms with Crippen LogP contribution in [0.2, 0.25) is 0 Å². The lowest BCUT2D eigenvalue weighted by Gasteiger charge is -2.06. The normalized spacial score (nSPS) is 10.4. The summed E-state index contributed by atoms with van der Waals surface area (Å²) in [5.74, 6) is 0.640. The molecule has 0 spiro atoms. The van der Waals surface area contributed by atoms with Crippen LogP contribution in [0.4, 0.5) is 0 Å². The predicted molar refractivity (Wildman–Crippen MR) is 72.5 cm³/mol. The molecule has 0 aliphatic carbocycles. The van der Waals surface area contributed by atoms with Gasteiger partial charge >= 0.3 is 0 Å². The van der Waals surface area contributed by atoms with Crippen LogP contribution in [0.3, 0.4) is 0 Å². The first kappa shape index (κ1) is 11.3. The standard InChI is InChI=1S/C12H11IN2O/c1-7-5-3-4-6-9(7)11-14-8(2)10(13)12(16)15-11/h3-6H,1-2H3,(H,14,15,16). The highest BCUT2D eigenvalue weighted by Crippen LogP contribution is 2.18. The van der Waals surface area contributed by atoms with Gasteiger partial charge in [-0.2, -0.15) is 0 Å². The van der Waals surface area contributed by atoms with Gasteiger partial charge in [-0.15, -0.1) is 0 Å². The molecule has 1 aromatic heterocycles. The van der Waals surface area contributed by atoms with Gasteiger partial charge in [0, 0.05) is 5.56 Å². The van der Waals surface area contributed by atoms with Crippen LogP contribution in [0, 0.1) is 17.4 Å². The van der Waals surface area contributed by atoms with E-state index in [9.17, 15) is 4.79 Å². The second-order valence-corrected chi connectivity index (χ2v) is 4.71. The quantitative estimate of drug-likeness (QED) is 0.819. The molecule has 0 bridgehead atoms. The lowest BCUT2D eigenvalue weighted by Crippen LogP contribution is -2.14. The molecule has 3 nitrogen and oxygen atoms in total. The van der Waals surface area contributed by atoms with E-state index in [4.69, 9.17) is 0 Å². The first-order chi connectivity index (χ1) is 7.59. The Morgan fingerprint density at radius 2 is 1.94 bits per heavy atom. The summed E-state index contributed by atoms with van der Waals surface area (Å²) in [5, 5.41) is 0. The summed E-state index contributed by atoms with van der Waals surface area (Å²) in [6, 6.07) is 7.87. The molecule has 0 saturated heterocycles. The Morgan fingerprint density at radius 1 is 1.25 bits per heavy atom. The Kier molecular flexibility index (Phi) is 3.09. The fourth-order valence-corrected chi connectivity index (χ4v) is 1.79. The minimum absolute atomic E-state index is 0.0775. The number of aromatic amines is 1. The molecule has 0 aliphatic heterocycles. The van der Waals surface area contributed by atoms with Gasteiger partial charge in [0.15, 0.2) is 0 Å². The summed E-state index contributed by atoms with van der Waals surface area (Å²) in [7, 11) is 0. The number of benzene rings is 1. The zero-order valence-corrected chi connectivity index (χ0v) is 11.2. The summed E-state index contributed by atoms with van der Waals surface area (Å²) in [6.07, 6.45) is 0. The third-order valence-corrected chi connectivity index (χ3v) is 3.70. The van der Waals surface area contributed by atoms with E-state index >= 15 is 0 Å². The van der Waals surface area contributed by atoms with Crippen LogP contribution in [0.1, 0.15) is 11.3 Å². The van der Waals surface area contributed by atoms with Crippen LogP contribution >= 0.6 is 22.6 Å². The molecule has 0 aliphatic rings. The number of rotatable bonds is 1. The van der Waals surface area contributed by atoms with E-state index < -0.39 is 0 Å². The first-order valence-electron chi connectivity index (χ1n) is 4.92. The van der Waals surface area contributed by atoms with E-state index in [1.54, 1.807) is 0 Å². The molecular formula is C12H11IN2O. The van der Waals surface area contributed by atoms with Gasteiger partial charge in [0.2, 0.25) is 0 Å². The maximum Gasteiger partial charge on any atom is 0.264 e.